The van der Waals surface area contributed by atoms with Crippen LogP contribution in [0.1, 0.15) is 58.5 Å². The van der Waals surface area contributed by atoms with E-state index in [0.717, 1.165) is 25.7 Å². The van der Waals surface area contributed by atoms with Crippen LogP contribution in [0, 0.1) is 24.5 Å². The molecule has 1 aromatic rings. The molecule has 0 heterocycles. The minimum Gasteiger partial charge on any atom is -0.203 e. The molecule has 1 aromatic carbocycles. The maximum Gasteiger partial charge on any atom is 0.162 e. The molecule has 0 nitrogen and oxygen atoms in total. The van der Waals surface area contributed by atoms with Crippen molar-refractivity contribution < 1.29 is 10.2 Å². The zero-order valence-corrected chi connectivity index (χ0v) is 11.0. The van der Waals surface area contributed by atoms with Gasteiger partial charge in [-0.25, -0.2) is 8.78 Å². The van der Waals surface area contributed by atoms with Crippen LogP contribution in [0.5, 0.6) is 0 Å². The summed E-state index contributed by atoms with van der Waals surface area (Å²) in [5.41, 5.74) is 0.955. The molecule has 1 saturated carbocycles. The third-order valence-electron chi connectivity index (χ3n) is 3.98. The van der Waals surface area contributed by atoms with E-state index in [-0.39, 0.29) is 14.8 Å². The van der Waals surface area contributed by atoms with Gasteiger partial charge in [0.05, 0.1) is 0 Å². The molecule has 0 unspecified atom stereocenters. The second kappa shape index (κ2) is 6.83. The smallest absolute Gasteiger partial charge is 0.162 e. The van der Waals surface area contributed by atoms with Gasteiger partial charge in [-0.1, -0.05) is 31.7 Å². The van der Waals surface area contributed by atoms with Crippen molar-refractivity contribution >= 4 is 0 Å². The van der Waals surface area contributed by atoms with Crippen LogP contribution in [0.15, 0.2) is 24.3 Å². The standard InChI is InChI=1S/C16H20F2.CH4.H2/c1-3-4-12-6-8-13(9-7-12)14-10-5-11(2)15(17)16(14)18;;/h3-5,10,12-13H,6-9H2,1-2H3;1H4;1H/b4-3+;;. The highest BCUT2D eigenvalue weighted by atomic mass is 19.2. The molecular weight excluding hydrogens is 242 g/mol. The van der Waals surface area contributed by atoms with Gasteiger partial charge in [-0.05, 0) is 62.5 Å². The number of hydrogen-bond acceptors (Lipinski definition) is 0. The van der Waals surface area contributed by atoms with E-state index in [9.17, 15) is 8.78 Å². The van der Waals surface area contributed by atoms with Gasteiger partial charge in [0, 0.05) is 1.43 Å². The molecular formula is C17H26F2. The molecule has 0 saturated heterocycles. The fraction of sp³-hybridized carbons (Fsp3) is 0.529. The minimum atomic E-state index is -0.678. The maximum atomic E-state index is 13.9. The van der Waals surface area contributed by atoms with Crippen molar-refractivity contribution in [2.24, 2.45) is 5.92 Å². The molecule has 1 aliphatic carbocycles. The Bertz CT molecular complexity index is 447. The van der Waals surface area contributed by atoms with Gasteiger partial charge in [0.1, 0.15) is 0 Å². The molecule has 108 valence electrons. The first-order chi connectivity index (χ1) is 8.63. The van der Waals surface area contributed by atoms with Crippen LogP contribution in [0.25, 0.3) is 0 Å². The van der Waals surface area contributed by atoms with Crippen molar-refractivity contribution in [3.8, 4) is 0 Å². The van der Waals surface area contributed by atoms with Crippen LogP contribution >= 0.6 is 0 Å². The van der Waals surface area contributed by atoms with Crippen LogP contribution in [-0.4, -0.2) is 0 Å². The Hall–Kier alpha value is -1.18. The van der Waals surface area contributed by atoms with Gasteiger partial charge in [-0.15, -0.1) is 0 Å². The van der Waals surface area contributed by atoms with Gasteiger partial charge in [0.15, 0.2) is 11.6 Å². The predicted octanol–water partition coefficient (Wildman–Crippen LogP) is 6.01. The van der Waals surface area contributed by atoms with E-state index in [0.29, 0.717) is 17.0 Å². The molecule has 19 heavy (non-hydrogen) atoms. The van der Waals surface area contributed by atoms with Gasteiger partial charge in [-0.2, -0.15) is 0 Å². The van der Waals surface area contributed by atoms with Crippen LogP contribution in [0.4, 0.5) is 8.78 Å². The molecule has 2 heteroatoms. The first-order valence-electron chi connectivity index (χ1n) is 6.70. The van der Waals surface area contributed by atoms with Gasteiger partial charge in [-0.3, -0.25) is 0 Å². The molecule has 0 radical (unpaired) electrons. The summed E-state index contributed by atoms with van der Waals surface area (Å²) in [5, 5.41) is 0. The lowest BCUT2D eigenvalue weighted by Crippen LogP contribution is -2.13. The van der Waals surface area contributed by atoms with E-state index in [2.05, 4.69) is 12.2 Å². The van der Waals surface area contributed by atoms with Gasteiger partial charge >= 0.3 is 0 Å². The van der Waals surface area contributed by atoms with Crippen molar-refractivity contribution in [2.75, 3.05) is 0 Å². The van der Waals surface area contributed by atoms with E-state index in [1.807, 2.05) is 6.92 Å². The van der Waals surface area contributed by atoms with Crippen molar-refractivity contribution in [2.45, 2.75) is 52.9 Å². The first-order valence-corrected chi connectivity index (χ1v) is 6.70. The highest BCUT2D eigenvalue weighted by molar-refractivity contribution is 5.28. The lowest BCUT2D eigenvalue weighted by Gasteiger charge is -2.27. The molecule has 1 fully saturated rings. The van der Waals surface area contributed by atoms with Crippen molar-refractivity contribution in [3.05, 3.63) is 47.0 Å². The summed E-state index contributed by atoms with van der Waals surface area (Å²) in [6.45, 7) is 3.63. The highest BCUT2D eigenvalue weighted by Gasteiger charge is 2.24. The topological polar surface area (TPSA) is 0 Å². The quantitative estimate of drug-likeness (QED) is 0.576. The molecule has 0 aromatic heterocycles. The second-order valence-corrected chi connectivity index (χ2v) is 5.24. The minimum absolute atomic E-state index is 0. The summed E-state index contributed by atoms with van der Waals surface area (Å²) in [4.78, 5) is 0. The van der Waals surface area contributed by atoms with E-state index in [1.165, 1.54) is 0 Å². The molecule has 0 atom stereocenters. The Balaban J connectivity index is 0.00000180. The summed E-state index contributed by atoms with van der Waals surface area (Å²) >= 11 is 0. The fourth-order valence-electron chi connectivity index (χ4n) is 2.87. The van der Waals surface area contributed by atoms with Crippen molar-refractivity contribution in [1.29, 1.82) is 0 Å². The van der Waals surface area contributed by atoms with E-state index in [4.69, 9.17) is 0 Å². The number of rotatable bonds is 2. The first kappa shape index (κ1) is 15.9. The van der Waals surface area contributed by atoms with E-state index in [1.54, 1.807) is 19.1 Å². The van der Waals surface area contributed by atoms with Gasteiger partial charge in [0.2, 0.25) is 0 Å². The fourth-order valence-corrected chi connectivity index (χ4v) is 2.87. The molecule has 0 N–H and O–H groups in total. The van der Waals surface area contributed by atoms with Gasteiger partial charge in [0.25, 0.3) is 0 Å². The Kier molecular flexibility index (Phi) is 5.71. The number of allylic oxidation sites excluding steroid dienone is 2. The zero-order chi connectivity index (χ0) is 13.1. The largest absolute Gasteiger partial charge is 0.203 e. The summed E-state index contributed by atoms with van der Waals surface area (Å²) in [6.07, 6.45) is 8.36. The van der Waals surface area contributed by atoms with Crippen LogP contribution in [0.3, 0.4) is 0 Å². The molecule has 0 amide bonds. The molecule has 0 aliphatic heterocycles. The summed E-state index contributed by atoms with van der Waals surface area (Å²) in [6, 6.07) is 3.44. The number of hydrogen-bond donors (Lipinski definition) is 0. The summed E-state index contributed by atoms with van der Waals surface area (Å²) in [5.74, 6) is -0.515. The SMILES string of the molecule is C.C/C=C/C1CCC(c2ccc(C)c(F)c2F)CC1.[HH]. The number of aryl methyl sites for hydroxylation is 1. The normalized spacial score (nSPS) is 23.4. The molecule has 0 spiro atoms. The van der Waals surface area contributed by atoms with E-state index >= 15 is 0 Å². The average molecular weight is 268 g/mol. The Morgan fingerprint density at radius 3 is 2.32 bits per heavy atom. The lowest BCUT2D eigenvalue weighted by atomic mass is 9.78. The third kappa shape index (κ3) is 3.43. The maximum absolute atomic E-state index is 13.9. The molecule has 0 bridgehead atoms. The van der Waals surface area contributed by atoms with E-state index < -0.39 is 11.6 Å². The summed E-state index contributed by atoms with van der Waals surface area (Å²) < 4.78 is 27.5. The zero-order valence-electron chi connectivity index (χ0n) is 11.0. The third-order valence-corrected chi connectivity index (χ3v) is 3.98. The highest BCUT2D eigenvalue weighted by Crippen LogP contribution is 2.37. The second-order valence-electron chi connectivity index (χ2n) is 5.24. The molecule has 1 aliphatic rings. The van der Waals surface area contributed by atoms with Crippen molar-refractivity contribution in [1.82, 2.24) is 0 Å². The Labute approximate surface area is 117 Å². The number of benzene rings is 1. The Morgan fingerprint density at radius 1 is 1.11 bits per heavy atom. The predicted molar refractivity (Wildman–Crippen MR) is 79.5 cm³/mol. The Morgan fingerprint density at radius 2 is 1.74 bits per heavy atom. The van der Waals surface area contributed by atoms with Crippen LogP contribution in [0.2, 0.25) is 0 Å². The summed E-state index contributed by atoms with van der Waals surface area (Å²) in [7, 11) is 0. The van der Waals surface area contributed by atoms with Crippen molar-refractivity contribution in [3.63, 3.8) is 0 Å². The average Bonchev–Trinajstić information content (AvgIpc) is 2.38. The monoisotopic (exact) mass is 268 g/mol. The number of halogens is 2. The van der Waals surface area contributed by atoms with Crippen LogP contribution in [-0.2, 0) is 0 Å². The lowest BCUT2D eigenvalue weighted by molar-refractivity contribution is 0.363. The van der Waals surface area contributed by atoms with Gasteiger partial charge < -0.3 is 0 Å². The molecule has 2 rings (SSSR count). The van der Waals surface area contributed by atoms with Crippen LogP contribution < -0.4 is 0 Å².